The first-order chi connectivity index (χ1) is 15.9. The van der Waals surface area contributed by atoms with E-state index in [4.69, 9.17) is 21.1 Å². The van der Waals surface area contributed by atoms with E-state index in [1.807, 2.05) is 32.0 Å². The van der Waals surface area contributed by atoms with Crippen molar-refractivity contribution in [1.29, 1.82) is 0 Å². The monoisotopic (exact) mass is 465 g/mol. The number of para-hydroxylation sites is 1. The molecule has 0 fully saturated rings. The van der Waals surface area contributed by atoms with Crippen molar-refractivity contribution in [2.45, 2.75) is 13.8 Å². The zero-order valence-corrected chi connectivity index (χ0v) is 19.1. The second kappa shape index (κ2) is 11.7. The molecule has 3 rings (SSSR count). The lowest BCUT2D eigenvalue weighted by atomic mass is 10.1. The van der Waals surface area contributed by atoms with Crippen LogP contribution in [0.1, 0.15) is 16.7 Å². The lowest BCUT2D eigenvalue weighted by Crippen LogP contribution is -2.24. The van der Waals surface area contributed by atoms with Gasteiger partial charge in [0.25, 0.3) is 11.8 Å². The number of amides is 2. The number of rotatable bonds is 9. The highest BCUT2D eigenvalue weighted by Crippen LogP contribution is 2.22. The van der Waals surface area contributed by atoms with E-state index < -0.39 is 5.91 Å². The number of nitrogens with one attached hydrogen (secondary N) is 2. The highest BCUT2D eigenvalue weighted by Gasteiger charge is 2.06. The molecule has 0 aliphatic heterocycles. The van der Waals surface area contributed by atoms with Gasteiger partial charge in [0.15, 0.2) is 13.2 Å². The molecule has 3 aromatic carbocycles. The van der Waals surface area contributed by atoms with E-state index in [1.54, 1.807) is 48.5 Å². The molecule has 170 valence electrons. The number of hydrogen-bond acceptors (Lipinski definition) is 5. The standard InChI is InChI=1S/C25H24ClN3O4/c1-17-10-11-20(12-18(17)2)28-24(30)15-32-21-7-5-6-19(13-21)14-27-29-25(31)16-33-23-9-4-3-8-22(23)26/h3-14H,15-16H2,1-2H3,(H,28,30)(H,29,31)/b27-14+. The summed E-state index contributed by atoms with van der Waals surface area (Å²) in [5.74, 6) is 0.233. The number of hydrazone groups is 1. The van der Waals surface area contributed by atoms with Crippen LogP contribution in [0.15, 0.2) is 71.8 Å². The number of nitrogens with zero attached hydrogens (tertiary/aromatic N) is 1. The molecule has 0 saturated carbocycles. The number of carbonyl (C=O) groups is 2. The lowest BCUT2D eigenvalue weighted by Gasteiger charge is -2.09. The Morgan fingerprint density at radius 1 is 0.909 bits per heavy atom. The SMILES string of the molecule is Cc1ccc(NC(=O)COc2cccc(/C=N/NC(=O)COc3ccccc3Cl)c2)cc1C. The molecule has 0 unspecified atom stereocenters. The third-order valence-corrected chi connectivity index (χ3v) is 4.93. The summed E-state index contributed by atoms with van der Waals surface area (Å²) in [5.41, 5.74) is 6.06. The zero-order valence-electron chi connectivity index (χ0n) is 18.3. The molecule has 3 aromatic rings. The Bertz CT molecular complexity index is 1160. The summed E-state index contributed by atoms with van der Waals surface area (Å²) in [6.07, 6.45) is 1.47. The van der Waals surface area contributed by atoms with Crippen LogP contribution in [0.2, 0.25) is 5.02 Å². The average Bonchev–Trinajstić information content (AvgIpc) is 2.80. The van der Waals surface area contributed by atoms with Crippen molar-refractivity contribution in [2.75, 3.05) is 18.5 Å². The van der Waals surface area contributed by atoms with Crippen molar-refractivity contribution in [3.63, 3.8) is 0 Å². The normalized spacial score (nSPS) is 10.6. The molecule has 0 aromatic heterocycles. The second-order valence-corrected chi connectivity index (χ2v) is 7.63. The maximum Gasteiger partial charge on any atom is 0.277 e. The van der Waals surface area contributed by atoms with E-state index in [9.17, 15) is 9.59 Å². The summed E-state index contributed by atoms with van der Waals surface area (Å²) in [6.45, 7) is 3.65. The van der Waals surface area contributed by atoms with E-state index in [0.29, 0.717) is 22.1 Å². The molecule has 7 nitrogen and oxygen atoms in total. The number of benzene rings is 3. The van der Waals surface area contributed by atoms with E-state index >= 15 is 0 Å². The number of carbonyl (C=O) groups excluding carboxylic acids is 2. The number of hydrogen-bond donors (Lipinski definition) is 2. The van der Waals surface area contributed by atoms with Gasteiger partial charge in [-0.25, -0.2) is 5.43 Å². The van der Waals surface area contributed by atoms with E-state index in [0.717, 1.165) is 16.8 Å². The minimum Gasteiger partial charge on any atom is -0.484 e. The third-order valence-electron chi connectivity index (χ3n) is 4.62. The zero-order chi connectivity index (χ0) is 23.6. The first-order valence-electron chi connectivity index (χ1n) is 10.2. The van der Waals surface area contributed by atoms with Crippen molar-refractivity contribution < 1.29 is 19.1 Å². The van der Waals surface area contributed by atoms with Gasteiger partial charge in [-0.2, -0.15) is 5.10 Å². The van der Waals surface area contributed by atoms with Crippen LogP contribution in [0.4, 0.5) is 5.69 Å². The van der Waals surface area contributed by atoms with Gasteiger partial charge in [0.05, 0.1) is 11.2 Å². The van der Waals surface area contributed by atoms with Crippen LogP contribution >= 0.6 is 11.6 Å². The van der Waals surface area contributed by atoms with Gasteiger partial charge in [-0.1, -0.05) is 41.9 Å². The Morgan fingerprint density at radius 3 is 2.48 bits per heavy atom. The van der Waals surface area contributed by atoms with Gasteiger partial charge in [0.1, 0.15) is 11.5 Å². The maximum atomic E-state index is 12.2. The predicted molar refractivity (Wildman–Crippen MR) is 129 cm³/mol. The highest BCUT2D eigenvalue weighted by atomic mass is 35.5. The van der Waals surface area contributed by atoms with Crippen LogP contribution in [0, 0.1) is 13.8 Å². The summed E-state index contributed by atoms with van der Waals surface area (Å²) < 4.78 is 10.9. The van der Waals surface area contributed by atoms with Gasteiger partial charge in [-0.15, -0.1) is 0 Å². The number of aryl methyl sites for hydroxylation is 2. The Kier molecular flexibility index (Phi) is 8.43. The highest BCUT2D eigenvalue weighted by molar-refractivity contribution is 6.32. The molecule has 0 aliphatic rings. The van der Waals surface area contributed by atoms with Gasteiger partial charge in [0.2, 0.25) is 0 Å². The predicted octanol–water partition coefficient (Wildman–Crippen LogP) is 4.50. The summed E-state index contributed by atoms with van der Waals surface area (Å²) >= 11 is 5.98. The van der Waals surface area contributed by atoms with Crippen molar-refractivity contribution in [3.8, 4) is 11.5 Å². The van der Waals surface area contributed by atoms with Crippen molar-refractivity contribution in [1.82, 2.24) is 5.43 Å². The van der Waals surface area contributed by atoms with E-state index in [1.165, 1.54) is 6.21 Å². The quantitative estimate of drug-likeness (QED) is 0.359. The molecule has 0 atom stereocenters. The molecule has 0 radical (unpaired) electrons. The molecule has 2 amide bonds. The second-order valence-electron chi connectivity index (χ2n) is 7.22. The molecule has 0 spiro atoms. The van der Waals surface area contributed by atoms with Crippen molar-refractivity contribution in [3.05, 3.63) is 88.4 Å². The molecule has 33 heavy (non-hydrogen) atoms. The van der Waals surface area contributed by atoms with Gasteiger partial charge >= 0.3 is 0 Å². The minimum absolute atomic E-state index is 0.135. The lowest BCUT2D eigenvalue weighted by molar-refractivity contribution is -0.123. The Morgan fingerprint density at radius 2 is 1.70 bits per heavy atom. The largest absolute Gasteiger partial charge is 0.484 e. The Balaban J connectivity index is 1.45. The van der Waals surface area contributed by atoms with Crippen molar-refractivity contribution in [2.24, 2.45) is 5.10 Å². The van der Waals surface area contributed by atoms with E-state index in [-0.39, 0.29) is 19.1 Å². The van der Waals surface area contributed by atoms with Gasteiger partial charge in [-0.05, 0) is 66.9 Å². The minimum atomic E-state index is -0.429. The van der Waals surface area contributed by atoms with Crippen LogP contribution in [0.5, 0.6) is 11.5 Å². The fourth-order valence-electron chi connectivity index (χ4n) is 2.77. The van der Waals surface area contributed by atoms with Crippen LogP contribution < -0.4 is 20.2 Å². The molecule has 8 heteroatoms. The fourth-order valence-corrected chi connectivity index (χ4v) is 2.96. The fraction of sp³-hybridized carbons (Fsp3) is 0.160. The molecular formula is C25H24ClN3O4. The first kappa shape index (κ1) is 23.8. The third kappa shape index (κ3) is 7.66. The topological polar surface area (TPSA) is 89.0 Å². The molecule has 2 N–H and O–H groups in total. The average molecular weight is 466 g/mol. The van der Waals surface area contributed by atoms with Gasteiger partial charge in [-0.3, -0.25) is 9.59 Å². The van der Waals surface area contributed by atoms with Crippen LogP contribution in [0.25, 0.3) is 0 Å². The van der Waals surface area contributed by atoms with E-state index in [2.05, 4.69) is 15.8 Å². The first-order valence-corrected chi connectivity index (χ1v) is 10.6. The molecular weight excluding hydrogens is 442 g/mol. The summed E-state index contributed by atoms with van der Waals surface area (Å²) in [5, 5.41) is 7.15. The number of ether oxygens (including phenoxy) is 2. The van der Waals surface area contributed by atoms with Crippen LogP contribution in [-0.2, 0) is 9.59 Å². The Labute approximate surface area is 197 Å². The summed E-state index contributed by atoms with van der Waals surface area (Å²) in [7, 11) is 0. The summed E-state index contributed by atoms with van der Waals surface area (Å²) in [4.78, 5) is 24.1. The summed E-state index contributed by atoms with van der Waals surface area (Å²) in [6, 6.07) is 19.6. The van der Waals surface area contributed by atoms with Crippen molar-refractivity contribution >= 4 is 35.3 Å². The maximum absolute atomic E-state index is 12.2. The van der Waals surface area contributed by atoms with Gasteiger partial charge in [0, 0.05) is 5.69 Å². The van der Waals surface area contributed by atoms with Gasteiger partial charge < -0.3 is 14.8 Å². The Hall–Kier alpha value is -3.84. The molecule has 0 aliphatic carbocycles. The number of anilines is 1. The molecule has 0 bridgehead atoms. The molecule has 0 heterocycles. The molecule has 0 saturated heterocycles. The smallest absolute Gasteiger partial charge is 0.277 e. The van der Waals surface area contributed by atoms with Crippen LogP contribution in [-0.4, -0.2) is 31.2 Å². The number of halogens is 1. The van der Waals surface area contributed by atoms with Crippen LogP contribution in [0.3, 0.4) is 0 Å².